The van der Waals surface area contributed by atoms with E-state index in [1.54, 1.807) is 6.92 Å². The molecular formula is C11H15ClF2N2O. The Labute approximate surface area is 105 Å². The normalized spacial score (nSPS) is 11.5. The minimum atomic E-state index is -0.883. The summed E-state index contributed by atoms with van der Waals surface area (Å²) >= 11 is 0. The lowest BCUT2D eigenvalue weighted by Gasteiger charge is -2.12. The van der Waals surface area contributed by atoms with Crippen molar-refractivity contribution in [3.8, 4) is 0 Å². The maximum atomic E-state index is 12.8. The smallest absolute Gasteiger partial charge is 0.236 e. The standard InChI is InChI=1S/C11H14F2N2O.ClH/c1-7(11(16)14-2)15-6-8-3-4-9(12)10(13)5-8;/h3-5,7,15H,6H2,1-2H3,(H,14,16);1H/t7-;/m1./s1. The number of hydrogen-bond donors (Lipinski definition) is 2. The number of carbonyl (C=O) groups excluding carboxylic acids is 1. The van der Waals surface area contributed by atoms with Crippen LogP contribution < -0.4 is 10.6 Å². The molecule has 0 aliphatic carbocycles. The van der Waals surface area contributed by atoms with Crippen molar-refractivity contribution >= 4 is 18.3 Å². The van der Waals surface area contributed by atoms with Gasteiger partial charge in [0.1, 0.15) is 0 Å². The zero-order valence-corrected chi connectivity index (χ0v) is 10.4. The fourth-order valence-electron chi connectivity index (χ4n) is 1.23. The molecule has 0 unspecified atom stereocenters. The third-order valence-electron chi connectivity index (χ3n) is 2.24. The monoisotopic (exact) mass is 264 g/mol. The summed E-state index contributed by atoms with van der Waals surface area (Å²) < 4.78 is 25.5. The van der Waals surface area contributed by atoms with Crippen molar-refractivity contribution in [3.63, 3.8) is 0 Å². The Kier molecular flexibility index (Phi) is 6.68. The molecule has 0 saturated heterocycles. The molecule has 1 aromatic carbocycles. The van der Waals surface area contributed by atoms with E-state index in [-0.39, 0.29) is 24.4 Å². The summed E-state index contributed by atoms with van der Waals surface area (Å²) in [5.41, 5.74) is 0.592. The molecule has 6 heteroatoms. The van der Waals surface area contributed by atoms with Crippen molar-refractivity contribution in [1.29, 1.82) is 0 Å². The summed E-state index contributed by atoms with van der Waals surface area (Å²) in [6.07, 6.45) is 0. The van der Waals surface area contributed by atoms with Gasteiger partial charge < -0.3 is 10.6 Å². The Hall–Kier alpha value is -1.20. The first-order valence-electron chi connectivity index (χ1n) is 4.93. The lowest BCUT2D eigenvalue weighted by Crippen LogP contribution is -2.40. The largest absolute Gasteiger partial charge is 0.358 e. The van der Waals surface area contributed by atoms with Crippen molar-refractivity contribution in [2.24, 2.45) is 0 Å². The van der Waals surface area contributed by atoms with E-state index in [2.05, 4.69) is 10.6 Å². The number of benzene rings is 1. The molecule has 96 valence electrons. The van der Waals surface area contributed by atoms with Gasteiger partial charge in [-0.05, 0) is 24.6 Å². The predicted molar refractivity (Wildman–Crippen MR) is 64.0 cm³/mol. The van der Waals surface area contributed by atoms with E-state index in [1.165, 1.54) is 13.1 Å². The molecule has 0 aliphatic heterocycles. The number of rotatable bonds is 4. The predicted octanol–water partition coefficient (Wildman–Crippen LogP) is 1.61. The molecule has 0 fully saturated rings. The molecule has 0 saturated carbocycles. The summed E-state index contributed by atoms with van der Waals surface area (Å²) in [6.45, 7) is 2.00. The highest BCUT2D eigenvalue weighted by atomic mass is 35.5. The van der Waals surface area contributed by atoms with Crippen molar-refractivity contribution < 1.29 is 13.6 Å². The van der Waals surface area contributed by atoms with E-state index in [0.29, 0.717) is 12.1 Å². The van der Waals surface area contributed by atoms with Crippen LogP contribution in [-0.2, 0) is 11.3 Å². The molecule has 1 atom stereocenters. The Morgan fingerprint density at radius 1 is 1.35 bits per heavy atom. The third-order valence-corrected chi connectivity index (χ3v) is 2.24. The molecule has 0 spiro atoms. The third kappa shape index (κ3) is 4.66. The first kappa shape index (κ1) is 15.8. The number of carbonyl (C=O) groups is 1. The summed E-state index contributed by atoms with van der Waals surface area (Å²) in [5, 5.41) is 5.38. The van der Waals surface area contributed by atoms with Crippen LogP contribution in [0.25, 0.3) is 0 Å². The maximum absolute atomic E-state index is 12.8. The molecule has 3 nitrogen and oxygen atoms in total. The van der Waals surface area contributed by atoms with Crippen LogP contribution in [0.15, 0.2) is 18.2 Å². The lowest BCUT2D eigenvalue weighted by molar-refractivity contribution is -0.122. The number of hydrogen-bond acceptors (Lipinski definition) is 2. The summed E-state index contributed by atoms with van der Waals surface area (Å²) in [7, 11) is 1.54. The SMILES string of the molecule is CNC(=O)[C@@H](C)NCc1ccc(F)c(F)c1.Cl. The van der Waals surface area contributed by atoms with Crippen molar-refractivity contribution in [3.05, 3.63) is 35.4 Å². The maximum Gasteiger partial charge on any atom is 0.236 e. The van der Waals surface area contributed by atoms with Gasteiger partial charge in [-0.2, -0.15) is 0 Å². The Balaban J connectivity index is 0.00000256. The van der Waals surface area contributed by atoms with Crippen LogP contribution in [0.3, 0.4) is 0 Å². The highest BCUT2D eigenvalue weighted by Crippen LogP contribution is 2.08. The van der Waals surface area contributed by atoms with Gasteiger partial charge >= 0.3 is 0 Å². The van der Waals surface area contributed by atoms with Crippen molar-refractivity contribution in [1.82, 2.24) is 10.6 Å². The summed E-state index contributed by atoms with van der Waals surface area (Å²) in [4.78, 5) is 11.1. The van der Waals surface area contributed by atoms with Crippen LogP contribution in [-0.4, -0.2) is 19.0 Å². The van der Waals surface area contributed by atoms with Gasteiger partial charge in [0, 0.05) is 13.6 Å². The molecule has 2 N–H and O–H groups in total. The van der Waals surface area contributed by atoms with Gasteiger partial charge in [0.05, 0.1) is 6.04 Å². The molecule has 0 heterocycles. The van der Waals surface area contributed by atoms with Crippen LogP contribution in [0.5, 0.6) is 0 Å². The van der Waals surface area contributed by atoms with Crippen molar-refractivity contribution in [2.75, 3.05) is 7.05 Å². The van der Waals surface area contributed by atoms with Crippen molar-refractivity contribution in [2.45, 2.75) is 19.5 Å². The average molecular weight is 265 g/mol. The van der Waals surface area contributed by atoms with Gasteiger partial charge in [-0.25, -0.2) is 8.78 Å². The fourth-order valence-corrected chi connectivity index (χ4v) is 1.23. The minimum Gasteiger partial charge on any atom is -0.358 e. The first-order valence-corrected chi connectivity index (χ1v) is 4.93. The second kappa shape index (κ2) is 7.19. The Morgan fingerprint density at radius 2 is 2.00 bits per heavy atom. The fraction of sp³-hybridized carbons (Fsp3) is 0.364. The molecule has 1 amide bonds. The molecule has 0 radical (unpaired) electrons. The van der Waals surface area contributed by atoms with Crippen LogP contribution in [0.4, 0.5) is 8.78 Å². The number of likely N-dealkylation sites (N-methyl/N-ethyl adjacent to an activating group) is 1. The molecule has 1 rings (SSSR count). The van der Waals surface area contributed by atoms with Crippen LogP contribution in [0.1, 0.15) is 12.5 Å². The highest BCUT2D eigenvalue weighted by Gasteiger charge is 2.10. The van der Waals surface area contributed by atoms with E-state index >= 15 is 0 Å². The molecule has 17 heavy (non-hydrogen) atoms. The second-order valence-corrected chi connectivity index (χ2v) is 3.47. The second-order valence-electron chi connectivity index (χ2n) is 3.47. The van der Waals surface area contributed by atoms with Gasteiger partial charge in [0.2, 0.25) is 5.91 Å². The van der Waals surface area contributed by atoms with Crippen LogP contribution in [0.2, 0.25) is 0 Å². The minimum absolute atomic E-state index is 0. The Bertz CT molecular complexity index is 388. The van der Waals surface area contributed by atoms with Gasteiger partial charge in [-0.3, -0.25) is 4.79 Å². The summed E-state index contributed by atoms with van der Waals surface area (Å²) in [6, 6.07) is 3.27. The van der Waals surface area contributed by atoms with E-state index < -0.39 is 11.6 Å². The number of amides is 1. The van der Waals surface area contributed by atoms with Crippen LogP contribution in [0, 0.1) is 11.6 Å². The number of halogens is 3. The first-order chi connectivity index (χ1) is 7.54. The quantitative estimate of drug-likeness (QED) is 0.868. The molecular weight excluding hydrogens is 250 g/mol. The lowest BCUT2D eigenvalue weighted by atomic mass is 10.2. The van der Waals surface area contributed by atoms with Gasteiger partial charge in [0.15, 0.2) is 11.6 Å². The highest BCUT2D eigenvalue weighted by molar-refractivity contribution is 5.85. The molecule has 0 aromatic heterocycles. The van der Waals surface area contributed by atoms with Gasteiger partial charge in [-0.15, -0.1) is 12.4 Å². The zero-order chi connectivity index (χ0) is 12.1. The van der Waals surface area contributed by atoms with Crippen LogP contribution >= 0.6 is 12.4 Å². The topological polar surface area (TPSA) is 41.1 Å². The molecule has 0 bridgehead atoms. The molecule has 1 aromatic rings. The van der Waals surface area contributed by atoms with Gasteiger partial charge in [0.25, 0.3) is 0 Å². The van der Waals surface area contributed by atoms with E-state index in [0.717, 1.165) is 12.1 Å². The van der Waals surface area contributed by atoms with E-state index in [9.17, 15) is 13.6 Å². The van der Waals surface area contributed by atoms with E-state index in [1.807, 2.05) is 0 Å². The van der Waals surface area contributed by atoms with E-state index in [4.69, 9.17) is 0 Å². The number of nitrogens with one attached hydrogen (secondary N) is 2. The Morgan fingerprint density at radius 3 is 2.53 bits per heavy atom. The van der Waals surface area contributed by atoms with Gasteiger partial charge in [-0.1, -0.05) is 6.07 Å². The summed E-state index contributed by atoms with van der Waals surface area (Å²) in [5.74, 6) is -1.91. The average Bonchev–Trinajstić information content (AvgIpc) is 2.29. The zero-order valence-electron chi connectivity index (χ0n) is 9.59. The molecule has 0 aliphatic rings.